The maximum absolute atomic E-state index is 11.9. The molecule has 0 aliphatic carbocycles. The van der Waals surface area contributed by atoms with Crippen molar-refractivity contribution in [3.63, 3.8) is 0 Å². The summed E-state index contributed by atoms with van der Waals surface area (Å²) in [7, 11) is 0. The van der Waals surface area contributed by atoms with Gasteiger partial charge in [0, 0.05) is 18.2 Å². The van der Waals surface area contributed by atoms with Gasteiger partial charge in [-0.25, -0.2) is 4.98 Å². The highest BCUT2D eigenvalue weighted by atomic mass is 32.1. The van der Waals surface area contributed by atoms with Crippen LogP contribution in [-0.2, 0) is 12.8 Å². The first-order valence-corrected chi connectivity index (χ1v) is 7.30. The van der Waals surface area contributed by atoms with Gasteiger partial charge in [-0.05, 0) is 35.4 Å². The van der Waals surface area contributed by atoms with Crippen LogP contribution < -0.4 is 5.73 Å². The molecule has 0 unspecified atom stereocenters. The molecule has 0 atom stereocenters. The molecule has 0 saturated heterocycles. The molecular weight excluding hydrogens is 252 g/mol. The molecule has 0 fully saturated rings. The van der Waals surface area contributed by atoms with Gasteiger partial charge in [0.25, 0.3) is 0 Å². The van der Waals surface area contributed by atoms with Gasteiger partial charge in [-0.1, -0.05) is 0 Å². The lowest BCUT2D eigenvalue weighted by Crippen LogP contribution is -2.04. The van der Waals surface area contributed by atoms with Gasteiger partial charge in [0.15, 0.2) is 5.78 Å². The molecule has 3 nitrogen and oxygen atoms in total. The largest absolute Gasteiger partial charge is 0.330 e. The van der Waals surface area contributed by atoms with Crippen LogP contribution in [0, 0.1) is 0 Å². The molecule has 5 heteroatoms. The molecule has 2 aromatic heterocycles. The fourth-order valence-corrected chi connectivity index (χ4v) is 3.02. The number of Topliss-reactive ketones (excluding diaryl/α,β-unsaturated/α-hetero) is 1. The second kappa shape index (κ2) is 6.05. The van der Waals surface area contributed by atoms with Crippen LogP contribution in [0.5, 0.6) is 0 Å². The van der Waals surface area contributed by atoms with Crippen molar-refractivity contribution >= 4 is 28.5 Å². The SMILES string of the molecule is NCCc1nc(C(=O)CCc2ccsc2)cs1. The van der Waals surface area contributed by atoms with Crippen molar-refractivity contribution in [2.24, 2.45) is 5.73 Å². The van der Waals surface area contributed by atoms with Gasteiger partial charge >= 0.3 is 0 Å². The lowest BCUT2D eigenvalue weighted by molar-refractivity contribution is 0.0978. The molecule has 2 aromatic rings. The Hall–Kier alpha value is -1.04. The quantitative estimate of drug-likeness (QED) is 0.817. The third kappa shape index (κ3) is 3.46. The molecule has 2 N–H and O–H groups in total. The maximum Gasteiger partial charge on any atom is 0.182 e. The van der Waals surface area contributed by atoms with Crippen LogP contribution in [0.15, 0.2) is 22.2 Å². The first-order valence-electron chi connectivity index (χ1n) is 5.48. The Morgan fingerprint density at radius 3 is 2.94 bits per heavy atom. The molecule has 0 aliphatic heterocycles. The van der Waals surface area contributed by atoms with Crippen LogP contribution in [0.3, 0.4) is 0 Å². The Balaban J connectivity index is 1.90. The zero-order valence-corrected chi connectivity index (χ0v) is 11.0. The van der Waals surface area contributed by atoms with Gasteiger partial charge in [0.1, 0.15) is 5.69 Å². The maximum atomic E-state index is 11.9. The number of nitrogens with zero attached hydrogens (tertiary/aromatic N) is 1. The van der Waals surface area contributed by atoms with E-state index in [2.05, 4.69) is 16.4 Å². The van der Waals surface area contributed by atoms with Crippen LogP contribution in [0.2, 0.25) is 0 Å². The van der Waals surface area contributed by atoms with E-state index < -0.39 is 0 Å². The number of carbonyl (C=O) groups is 1. The number of aryl methyl sites for hydroxylation is 1. The van der Waals surface area contributed by atoms with Crippen molar-refractivity contribution in [1.82, 2.24) is 4.98 Å². The lowest BCUT2D eigenvalue weighted by Gasteiger charge is -1.96. The van der Waals surface area contributed by atoms with E-state index in [1.54, 1.807) is 11.3 Å². The number of ketones is 1. The minimum atomic E-state index is 0.121. The van der Waals surface area contributed by atoms with Crippen LogP contribution >= 0.6 is 22.7 Å². The van der Waals surface area contributed by atoms with E-state index in [0.717, 1.165) is 17.8 Å². The highest BCUT2D eigenvalue weighted by molar-refractivity contribution is 7.09. The summed E-state index contributed by atoms with van der Waals surface area (Å²) in [6, 6.07) is 2.05. The number of thiazole rings is 1. The molecule has 17 heavy (non-hydrogen) atoms. The number of hydrogen-bond acceptors (Lipinski definition) is 5. The predicted octanol–water partition coefficient (Wildman–Crippen LogP) is 2.52. The summed E-state index contributed by atoms with van der Waals surface area (Å²) >= 11 is 3.17. The Kier molecular flexibility index (Phi) is 4.42. The highest BCUT2D eigenvalue weighted by Crippen LogP contribution is 2.14. The van der Waals surface area contributed by atoms with Crippen molar-refractivity contribution < 1.29 is 4.79 Å². The number of thiophene rings is 1. The average Bonchev–Trinajstić information content (AvgIpc) is 2.97. The second-order valence-corrected chi connectivity index (χ2v) is 5.44. The van der Waals surface area contributed by atoms with E-state index in [-0.39, 0.29) is 5.78 Å². The zero-order valence-electron chi connectivity index (χ0n) is 9.39. The second-order valence-electron chi connectivity index (χ2n) is 3.72. The third-order valence-corrected chi connectivity index (χ3v) is 4.06. The van der Waals surface area contributed by atoms with Gasteiger partial charge in [-0.3, -0.25) is 4.79 Å². The molecule has 0 amide bonds. The average molecular weight is 266 g/mol. The van der Waals surface area contributed by atoms with Gasteiger partial charge < -0.3 is 5.73 Å². The number of carbonyl (C=O) groups excluding carboxylic acids is 1. The normalized spacial score (nSPS) is 10.6. The molecule has 2 rings (SSSR count). The topological polar surface area (TPSA) is 56.0 Å². The van der Waals surface area contributed by atoms with Gasteiger partial charge in [0.2, 0.25) is 0 Å². The molecular formula is C12H14N2OS2. The third-order valence-electron chi connectivity index (χ3n) is 2.42. The molecule has 0 saturated carbocycles. The van der Waals surface area contributed by atoms with E-state index in [1.165, 1.54) is 16.9 Å². The Morgan fingerprint density at radius 1 is 1.35 bits per heavy atom. The van der Waals surface area contributed by atoms with Crippen molar-refractivity contribution in [3.8, 4) is 0 Å². The van der Waals surface area contributed by atoms with Crippen molar-refractivity contribution in [2.75, 3.05) is 6.54 Å². The fraction of sp³-hybridized carbons (Fsp3) is 0.333. The summed E-state index contributed by atoms with van der Waals surface area (Å²) < 4.78 is 0. The summed E-state index contributed by atoms with van der Waals surface area (Å²) in [6.45, 7) is 0.579. The summed E-state index contributed by atoms with van der Waals surface area (Å²) in [4.78, 5) is 16.2. The number of aromatic nitrogens is 1. The number of rotatable bonds is 6. The van der Waals surface area contributed by atoms with Crippen molar-refractivity contribution in [2.45, 2.75) is 19.3 Å². The monoisotopic (exact) mass is 266 g/mol. The Morgan fingerprint density at radius 2 is 2.24 bits per heavy atom. The predicted molar refractivity (Wildman–Crippen MR) is 71.8 cm³/mol. The van der Waals surface area contributed by atoms with Crippen LogP contribution in [0.1, 0.15) is 27.5 Å². The number of nitrogens with two attached hydrogens (primary N) is 1. The Bertz CT molecular complexity index is 476. The van der Waals surface area contributed by atoms with Crippen molar-refractivity contribution in [3.05, 3.63) is 38.5 Å². The van der Waals surface area contributed by atoms with Gasteiger partial charge in [0.05, 0.1) is 5.01 Å². The number of hydrogen-bond donors (Lipinski definition) is 1. The summed E-state index contributed by atoms with van der Waals surface area (Å²) in [5.74, 6) is 0.121. The standard InChI is InChI=1S/C12H14N2OS2/c13-5-3-12-14-10(8-17-12)11(15)2-1-9-4-6-16-7-9/h4,6-8H,1-3,5,13H2. The van der Waals surface area contributed by atoms with E-state index >= 15 is 0 Å². The minimum Gasteiger partial charge on any atom is -0.330 e. The zero-order chi connectivity index (χ0) is 12.1. The summed E-state index contributed by atoms with van der Waals surface area (Å²) in [5.41, 5.74) is 7.27. The Labute approximate surface area is 108 Å². The van der Waals surface area contributed by atoms with Gasteiger partial charge in [-0.2, -0.15) is 11.3 Å². The van der Waals surface area contributed by atoms with E-state index in [0.29, 0.717) is 18.7 Å². The highest BCUT2D eigenvalue weighted by Gasteiger charge is 2.10. The summed E-state index contributed by atoms with van der Waals surface area (Å²) in [5, 5.41) is 6.89. The minimum absolute atomic E-state index is 0.121. The van der Waals surface area contributed by atoms with Crippen LogP contribution in [0.25, 0.3) is 0 Å². The fourth-order valence-electron chi connectivity index (χ4n) is 1.50. The lowest BCUT2D eigenvalue weighted by atomic mass is 10.1. The first-order chi connectivity index (χ1) is 8.29. The molecule has 0 spiro atoms. The molecule has 90 valence electrons. The molecule has 2 heterocycles. The molecule has 0 radical (unpaired) electrons. The molecule has 0 aliphatic rings. The van der Waals surface area contributed by atoms with Gasteiger partial charge in [-0.15, -0.1) is 11.3 Å². The van der Waals surface area contributed by atoms with E-state index in [9.17, 15) is 4.79 Å². The molecule has 0 aromatic carbocycles. The first kappa shape index (κ1) is 12.4. The van der Waals surface area contributed by atoms with Crippen LogP contribution in [-0.4, -0.2) is 17.3 Å². The summed E-state index contributed by atoms with van der Waals surface area (Å²) in [6.07, 6.45) is 2.08. The van der Waals surface area contributed by atoms with Crippen LogP contribution in [0.4, 0.5) is 0 Å². The van der Waals surface area contributed by atoms with E-state index in [1.807, 2.05) is 10.8 Å². The van der Waals surface area contributed by atoms with Crippen molar-refractivity contribution in [1.29, 1.82) is 0 Å². The smallest absolute Gasteiger partial charge is 0.182 e. The molecule has 0 bridgehead atoms. The van der Waals surface area contributed by atoms with E-state index in [4.69, 9.17) is 5.73 Å².